The predicted octanol–water partition coefficient (Wildman–Crippen LogP) is -0.522. The summed E-state index contributed by atoms with van der Waals surface area (Å²) in [6.07, 6.45) is 0. The molecule has 0 saturated heterocycles. The molecule has 0 unspecified atom stereocenters. The maximum atomic E-state index is 4.74. The van der Waals surface area contributed by atoms with Gasteiger partial charge in [-0.2, -0.15) is 0 Å². The average Bonchev–Trinajstić information content (AvgIpc) is 1.93. The molecule has 0 saturated carbocycles. The summed E-state index contributed by atoms with van der Waals surface area (Å²) in [7, 11) is 6.80. The van der Waals surface area contributed by atoms with E-state index in [0.717, 1.165) is 0 Å². The minimum Gasteiger partial charge on any atom is -0.379 e. The van der Waals surface area contributed by atoms with E-state index >= 15 is 0 Å². The standard InChI is InChI=1S/C3H10O3Si.C2H7N/c1-4-7(5-2)6-3;1-3-2/h7H,1-3H3;3H,1-2H3. The van der Waals surface area contributed by atoms with E-state index in [-0.39, 0.29) is 0 Å². The Morgan fingerprint density at radius 2 is 1.10 bits per heavy atom. The third-order valence-corrected chi connectivity index (χ3v) is 1.73. The van der Waals surface area contributed by atoms with Gasteiger partial charge in [-0.25, -0.2) is 0 Å². The Morgan fingerprint density at radius 1 is 0.900 bits per heavy atom. The van der Waals surface area contributed by atoms with Crippen LogP contribution in [0.15, 0.2) is 0 Å². The first kappa shape index (κ1) is 12.7. The first-order valence-corrected chi connectivity index (χ1v) is 4.35. The molecule has 0 fully saturated rings. The Bertz CT molecular complexity index is 46.6. The van der Waals surface area contributed by atoms with Gasteiger partial charge in [0.2, 0.25) is 0 Å². The second kappa shape index (κ2) is 11.8. The summed E-state index contributed by atoms with van der Waals surface area (Å²) in [6.45, 7) is 0. The summed E-state index contributed by atoms with van der Waals surface area (Å²) in [6, 6.07) is 0. The van der Waals surface area contributed by atoms with Crippen LogP contribution in [0.1, 0.15) is 0 Å². The minimum atomic E-state index is -1.67. The van der Waals surface area contributed by atoms with Crippen molar-refractivity contribution in [3.05, 3.63) is 0 Å². The lowest BCUT2D eigenvalue weighted by Gasteiger charge is -2.05. The largest absolute Gasteiger partial charge is 0.483 e. The van der Waals surface area contributed by atoms with E-state index in [1.165, 1.54) is 0 Å². The van der Waals surface area contributed by atoms with Gasteiger partial charge in [0.1, 0.15) is 0 Å². The van der Waals surface area contributed by atoms with Crippen molar-refractivity contribution < 1.29 is 13.3 Å². The van der Waals surface area contributed by atoms with Crippen LogP contribution in [-0.4, -0.2) is 45.0 Å². The van der Waals surface area contributed by atoms with E-state index in [9.17, 15) is 0 Å². The molecule has 0 aromatic rings. The van der Waals surface area contributed by atoms with Crippen molar-refractivity contribution in [3.8, 4) is 0 Å². The van der Waals surface area contributed by atoms with E-state index in [1.54, 1.807) is 21.3 Å². The summed E-state index contributed by atoms with van der Waals surface area (Å²) in [4.78, 5) is 0. The van der Waals surface area contributed by atoms with Crippen LogP contribution in [0.2, 0.25) is 0 Å². The molecule has 0 aliphatic rings. The van der Waals surface area contributed by atoms with Crippen LogP contribution in [-0.2, 0) is 13.3 Å². The molecule has 0 atom stereocenters. The van der Waals surface area contributed by atoms with E-state index in [2.05, 4.69) is 5.32 Å². The molecule has 64 valence electrons. The quantitative estimate of drug-likeness (QED) is 0.574. The predicted molar refractivity (Wildman–Crippen MR) is 43.2 cm³/mol. The molecule has 0 rings (SSSR count). The highest BCUT2D eigenvalue weighted by Crippen LogP contribution is 1.81. The molecule has 5 heteroatoms. The topological polar surface area (TPSA) is 39.7 Å². The lowest BCUT2D eigenvalue weighted by Crippen LogP contribution is -2.21. The van der Waals surface area contributed by atoms with Crippen molar-refractivity contribution in [3.63, 3.8) is 0 Å². The van der Waals surface area contributed by atoms with E-state index in [4.69, 9.17) is 13.3 Å². The minimum absolute atomic E-state index is 1.57. The fourth-order valence-corrected chi connectivity index (χ4v) is 0.866. The molecule has 0 aromatic carbocycles. The maximum Gasteiger partial charge on any atom is 0.483 e. The van der Waals surface area contributed by atoms with Gasteiger partial charge in [-0.3, -0.25) is 0 Å². The molecule has 0 aromatic heterocycles. The van der Waals surface area contributed by atoms with Crippen molar-refractivity contribution in [2.24, 2.45) is 0 Å². The summed E-state index contributed by atoms with van der Waals surface area (Å²) >= 11 is 0. The fourth-order valence-electron chi connectivity index (χ4n) is 0.289. The average molecular weight is 167 g/mol. The summed E-state index contributed by atoms with van der Waals surface area (Å²) in [5, 5.41) is 2.75. The van der Waals surface area contributed by atoms with Crippen molar-refractivity contribution in [2.45, 2.75) is 0 Å². The summed E-state index contributed by atoms with van der Waals surface area (Å²) in [5.74, 6) is 0. The van der Waals surface area contributed by atoms with Crippen LogP contribution in [0.4, 0.5) is 0 Å². The summed E-state index contributed by atoms with van der Waals surface area (Å²) < 4.78 is 14.2. The Hall–Kier alpha value is 0.0569. The first-order chi connectivity index (χ1) is 4.76. The molecule has 1 N–H and O–H groups in total. The number of nitrogens with one attached hydrogen (secondary N) is 1. The molecule has 0 amide bonds. The van der Waals surface area contributed by atoms with Crippen LogP contribution >= 0.6 is 0 Å². The van der Waals surface area contributed by atoms with Crippen LogP contribution in [0.3, 0.4) is 0 Å². The molecule has 0 aliphatic heterocycles. The summed E-state index contributed by atoms with van der Waals surface area (Å²) in [5.41, 5.74) is 0. The Labute approximate surface area is 64.4 Å². The molecule has 0 spiro atoms. The molecule has 10 heavy (non-hydrogen) atoms. The zero-order valence-corrected chi connectivity index (χ0v) is 8.46. The van der Waals surface area contributed by atoms with Gasteiger partial charge in [-0.1, -0.05) is 0 Å². The highest BCUT2D eigenvalue weighted by Gasteiger charge is 2.04. The lowest BCUT2D eigenvalue weighted by molar-refractivity contribution is 0.163. The Balaban J connectivity index is 0. The maximum absolute atomic E-state index is 4.74. The van der Waals surface area contributed by atoms with Crippen LogP contribution in [0.25, 0.3) is 0 Å². The van der Waals surface area contributed by atoms with Gasteiger partial charge >= 0.3 is 9.53 Å². The molecular formula is C5H17NO3Si. The third kappa shape index (κ3) is 10.9. The molecule has 0 aliphatic carbocycles. The SMILES string of the molecule is CNC.CO[SiH](OC)OC. The Morgan fingerprint density at radius 3 is 1.10 bits per heavy atom. The van der Waals surface area contributed by atoms with Crippen molar-refractivity contribution >= 4 is 9.53 Å². The van der Waals surface area contributed by atoms with Gasteiger partial charge < -0.3 is 18.6 Å². The number of hydrogen-bond acceptors (Lipinski definition) is 4. The van der Waals surface area contributed by atoms with Crippen molar-refractivity contribution in [1.29, 1.82) is 0 Å². The molecule has 0 radical (unpaired) electrons. The molecule has 0 heterocycles. The van der Waals surface area contributed by atoms with Gasteiger partial charge in [0.25, 0.3) is 0 Å². The van der Waals surface area contributed by atoms with E-state index in [0.29, 0.717) is 0 Å². The van der Waals surface area contributed by atoms with Crippen LogP contribution < -0.4 is 5.32 Å². The van der Waals surface area contributed by atoms with Gasteiger partial charge in [0.15, 0.2) is 0 Å². The molecular weight excluding hydrogens is 150 g/mol. The van der Waals surface area contributed by atoms with E-state index in [1.807, 2.05) is 14.1 Å². The van der Waals surface area contributed by atoms with Crippen molar-refractivity contribution in [2.75, 3.05) is 35.4 Å². The Kier molecular flexibility index (Phi) is 15.0. The van der Waals surface area contributed by atoms with Crippen LogP contribution in [0.5, 0.6) is 0 Å². The molecule has 0 bridgehead atoms. The highest BCUT2D eigenvalue weighted by molar-refractivity contribution is 6.36. The highest BCUT2D eigenvalue weighted by atomic mass is 28.3. The zero-order chi connectivity index (χ0) is 8.41. The number of hydrogen-bond donors (Lipinski definition) is 1. The second-order valence-electron chi connectivity index (χ2n) is 1.50. The second-order valence-corrected chi connectivity index (χ2v) is 3.49. The lowest BCUT2D eigenvalue weighted by atomic mass is 11.3. The van der Waals surface area contributed by atoms with Gasteiger partial charge in [0, 0.05) is 21.3 Å². The molecule has 4 nitrogen and oxygen atoms in total. The zero-order valence-electron chi connectivity index (χ0n) is 7.30. The third-order valence-electron chi connectivity index (χ3n) is 0.577. The van der Waals surface area contributed by atoms with Crippen LogP contribution in [0, 0.1) is 0 Å². The number of rotatable bonds is 3. The first-order valence-electron chi connectivity index (χ1n) is 2.93. The van der Waals surface area contributed by atoms with Gasteiger partial charge in [-0.15, -0.1) is 0 Å². The van der Waals surface area contributed by atoms with Crippen molar-refractivity contribution in [1.82, 2.24) is 5.32 Å². The van der Waals surface area contributed by atoms with Gasteiger partial charge in [-0.05, 0) is 14.1 Å². The fraction of sp³-hybridized carbons (Fsp3) is 1.00. The van der Waals surface area contributed by atoms with E-state index < -0.39 is 9.53 Å². The van der Waals surface area contributed by atoms with Gasteiger partial charge in [0.05, 0.1) is 0 Å². The normalized spacial score (nSPS) is 9.00. The smallest absolute Gasteiger partial charge is 0.379 e. The monoisotopic (exact) mass is 167 g/mol.